The van der Waals surface area contributed by atoms with Crippen LogP contribution in [0.5, 0.6) is 0 Å². The van der Waals surface area contributed by atoms with E-state index in [0.29, 0.717) is 0 Å². The minimum Gasteiger partial charge on any atom is -0.310 e. The molecule has 2 heterocycles. The van der Waals surface area contributed by atoms with E-state index < -0.39 is 0 Å². The predicted molar refractivity (Wildman–Crippen MR) is 213 cm³/mol. The Balaban J connectivity index is 1.18. The van der Waals surface area contributed by atoms with Gasteiger partial charge in [0.2, 0.25) is 0 Å². The molecule has 0 radical (unpaired) electrons. The molecular formula is C49H31N3. The van der Waals surface area contributed by atoms with Gasteiger partial charge in [0.15, 0.2) is 0 Å². The SMILES string of the molecule is c1ccc(-c2ccc(N(c3ccc4c(c3)-c3ccccc3C43c4ccccc4-c4ccccc43)c3cccc4ncc5cccnc5c34)cc2)cc1. The van der Waals surface area contributed by atoms with Gasteiger partial charge in [-0.15, -0.1) is 0 Å². The lowest BCUT2D eigenvalue weighted by Crippen LogP contribution is -2.25. The number of rotatable bonds is 4. The predicted octanol–water partition coefficient (Wildman–Crippen LogP) is 12.3. The van der Waals surface area contributed by atoms with Crippen molar-refractivity contribution in [1.82, 2.24) is 9.97 Å². The van der Waals surface area contributed by atoms with Crippen LogP contribution >= 0.6 is 0 Å². The van der Waals surface area contributed by atoms with Gasteiger partial charge in [-0.05, 0) is 104 Å². The van der Waals surface area contributed by atoms with E-state index in [4.69, 9.17) is 9.97 Å². The molecule has 3 nitrogen and oxygen atoms in total. The number of nitrogens with zero attached hydrogens (tertiary/aromatic N) is 3. The lowest BCUT2D eigenvalue weighted by atomic mass is 9.70. The zero-order valence-electron chi connectivity index (χ0n) is 28.2. The van der Waals surface area contributed by atoms with Gasteiger partial charge in [0, 0.05) is 29.2 Å². The Labute approximate surface area is 302 Å². The quantitative estimate of drug-likeness (QED) is 0.176. The van der Waals surface area contributed by atoms with Gasteiger partial charge in [0.1, 0.15) is 0 Å². The summed E-state index contributed by atoms with van der Waals surface area (Å²) in [5.74, 6) is 0. The van der Waals surface area contributed by atoms with Crippen molar-refractivity contribution < 1.29 is 0 Å². The summed E-state index contributed by atoms with van der Waals surface area (Å²) in [7, 11) is 0. The van der Waals surface area contributed by atoms with Crippen LogP contribution in [0.25, 0.3) is 55.2 Å². The fourth-order valence-electron chi connectivity index (χ4n) is 9.02. The maximum Gasteiger partial charge on any atom is 0.0832 e. The summed E-state index contributed by atoms with van der Waals surface area (Å²) in [4.78, 5) is 12.2. The average Bonchev–Trinajstić information content (AvgIpc) is 3.69. The maximum absolute atomic E-state index is 4.91. The maximum atomic E-state index is 4.91. The van der Waals surface area contributed by atoms with Crippen LogP contribution in [0.1, 0.15) is 22.3 Å². The number of aromatic nitrogens is 2. The van der Waals surface area contributed by atoms with E-state index in [9.17, 15) is 0 Å². The molecule has 0 N–H and O–H groups in total. The van der Waals surface area contributed by atoms with Crippen molar-refractivity contribution in [3.63, 3.8) is 0 Å². The third kappa shape index (κ3) is 3.96. The molecule has 0 amide bonds. The summed E-state index contributed by atoms with van der Waals surface area (Å²) >= 11 is 0. The highest BCUT2D eigenvalue weighted by Crippen LogP contribution is 2.63. The van der Waals surface area contributed by atoms with Crippen molar-refractivity contribution in [3.8, 4) is 33.4 Å². The molecule has 2 aromatic heterocycles. The molecule has 7 aromatic carbocycles. The Hall–Kier alpha value is -6.84. The van der Waals surface area contributed by atoms with Crippen molar-refractivity contribution in [2.45, 2.75) is 5.41 Å². The highest BCUT2D eigenvalue weighted by molar-refractivity contribution is 6.12. The number of hydrogen-bond acceptors (Lipinski definition) is 3. The Morgan fingerprint density at radius 3 is 1.73 bits per heavy atom. The van der Waals surface area contributed by atoms with E-state index in [2.05, 4.69) is 175 Å². The van der Waals surface area contributed by atoms with Crippen molar-refractivity contribution in [3.05, 3.63) is 211 Å². The smallest absolute Gasteiger partial charge is 0.0832 e. The fourth-order valence-corrected chi connectivity index (χ4v) is 9.02. The average molecular weight is 662 g/mol. The van der Waals surface area contributed by atoms with Crippen molar-refractivity contribution in [1.29, 1.82) is 0 Å². The van der Waals surface area contributed by atoms with Crippen LogP contribution in [-0.4, -0.2) is 9.97 Å². The molecule has 9 aromatic rings. The zero-order chi connectivity index (χ0) is 34.2. The van der Waals surface area contributed by atoms with Crippen molar-refractivity contribution >= 4 is 38.9 Å². The second-order valence-corrected chi connectivity index (χ2v) is 13.7. The summed E-state index contributed by atoms with van der Waals surface area (Å²) < 4.78 is 0. The van der Waals surface area contributed by atoms with Gasteiger partial charge in [0.05, 0.1) is 27.5 Å². The minimum absolute atomic E-state index is 0.386. The molecule has 11 rings (SSSR count). The fraction of sp³-hybridized carbons (Fsp3) is 0.0204. The highest BCUT2D eigenvalue weighted by Gasteiger charge is 2.51. The van der Waals surface area contributed by atoms with Gasteiger partial charge in [-0.3, -0.25) is 9.97 Å². The summed E-state index contributed by atoms with van der Waals surface area (Å²) in [6.45, 7) is 0. The second kappa shape index (κ2) is 11.1. The van der Waals surface area contributed by atoms with Crippen LogP contribution < -0.4 is 4.90 Å². The number of anilines is 3. The highest BCUT2D eigenvalue weighted by atomic mass is 15.1. The third-order valence-corrected chi connectivity index (χ3v) is 11.2. The Kier molecular flexibility index (Phi) is 6.17. The van der Waals surface area contributed by atoms with E-state index in [1.165, 1.54) is 55.6 Å². The monoisotopic (exact) mass is 661 g/mol. The molecule has 0 aliphatic heterocycles. The molecule has 0 saturated heterocycles. The van der Waals surface area contributed by atoms with Crippen LogP contribution in [0.15, 0.2) is 188 Å². The third-order valence-electron chi connectivity index (χ3n) is 11.2. The molecule has 0 saturated carbocycles. The summed E-state index contributed by atoms with van der Waals surface area (Å²) in [6, 6.07) is 64.0. The van der Waals surface area contributed by atoms with Gasteiger partial charge in [-0.1, -0.05) is 127 Å². The van der Waals surface area contributed by atoms with Gasteiger partial charge in [-0.2, -0.15) is 0 Å². The van der Waals surface area contributed by atoms with Crippen LogP contribution in [0.2, 0.25) is 0 Å². The topological polar surface area (TPSA) is 29.0 Å². The van der Waals surface area contributed by atoms with Crippen LogP contribution in [0.4, 0.5) is 17.1 Å². The number of pyridine rings is 2. The molecule has 2 aliphatic carbocycles. The minimum atomic E-state index is -0.386. The second-order valence-electron chi connectivity index (χ2n) is 13.7. The number of benzene rings is 7. The van der Waals surface area contributed by atoms with Gasteiger partial charge < -0.3 is 4.90 Å². The van der Waals surface area contributed by atoms with E-state index >= 15 is 0 Å². The normalized spacial score (nSPS) is 13.2. The first-order valence-corrected chi connectivity index (χ1v) is 17.8. The van der Waals surface area contributed by atoms with Crippen molar-refractivity contribution in [2.75, 3.05) is 4.90 Å². The Morgan fingerprint density at radius 1 is 0.423 bits per heavy atom. The molecule has 242 valence electrons. The molecule has 1 spiro atoms. The van der Waals surface area contributed by atoms with E-state index in [0.717, 1.165) is 38.9 Å². The lowest BCUT2D eigenvalue weighted by Gasteiger charge is -2.31. The lowest BCUT2D eigenvalue weighted by molar-refractivity contribution is 0.794. The van der Waals surface area contributed by atoms with Gasteiger partial charge >= 0.3 is 0 Å². The first kappa shape index (κ1) is 28.9. The molecular weight excluding hydrogens is 631 g/mol. The molecule has 0 atom stereocenters. The van der Waals surface area contributed by atoms with E-state index in [1.807, 2.05) is 18.5 Å². The molecule has 0 fully saturated rings. The standard InChI is InChI=1S/C49H31N3/c1-2-12-32(13-3-1)33-23-25-35(26-24-33)52(46-22-10-21-45-47(46)48-34(31-51-45)14-11-29-50-48)36-27-28-44-40(30-36)39-17-6-9-20-43(39)49(44)41-18-7-4-15-37(41)38-16-5-8-19-42(38)49/h1-31H. The van der Waals surface area contributed by atoms with Crippen LogP contribution in [-0.2, 0) is 5.41 Å². The summed E-state index contributed by atoms with van der Waals surface area (Å²) in [5.41, 5.74) is 17.5. The van der Waals surface area contributed by atoms with Crippen LogP contribution in [0.3, 0.4) is 0 Å². The molecule has 3 heteroatoms. The Bertz CT molecular complexity index is 2810. The van der Waals surface area contributed by atoms with E-state index in [1.54, 1.807) is 0 Å². The number of hydrogen-bond donors (Lipinski definition) is 0. The zero-order valence-corrected chi connectivity index (χ0v) is 28.2. The molecule has 2 aliphatic rings. The van der Waals surface area contributed by atoms with Gasteiger partial charge in [0.25, 0.3) is 0 Å². The molecule has 0 bridgehead atoms. The molecule has 0 unspecified atom stereocenters. The summed E-state index contributed by atoms with van der Waals surface area (Å²) in [6.07, 6.45) is 3.80. The largest absolute Gasteiger partial charge is 0.310 e. The summed E-state index contributed by atoms with van der Waals surface area (Å²) in [5, 5.41) is 2.05. The Morgan fingerprint density at radius 2 is 1.02 bits per heavy atom. The van der Waals surface area contributed by atoms with Gasteiger partial charge in [-0.25, -0.2) is 0 Å². The van der Waals surface area contributed by atoms with Crippen molar-refractivity contribution in [2.24, 2.45) is 0 Å². The first-order valence-electron chi connectivity index (χ1n) is 17.8. The van der Waals surface area contributed by atoms with Crippen LogP contribution in [0, 0.1) is 0 Å². The first-order chi connectivity index (χ1) is 25.8. The molecule has 52 heavy (non-hydrogen) atoms. The number of fused-ring (bicyclic) bond motifs is 13. The van der Waals surface area contributed by atoms with E-state index in [-0.39, 0.29) is 5.41 Å².